The van der Waals surface area contributed by atoms with Gasteiger partial charge in [0.05, 0.1) is 23.4 Å². The third-order valence-electron chi connectivity index (χ3n) is 3.11. The number of para-hydroxylation sites is 1. The highest BCUT2D eigenvalue weighted by molar-refractivity contribution is 5.70. The summed E-state index contributed by atoms with van der Waals surface area (Å²) in [6.45, 7) is 0.274. The summed E-state index contributed by atoms with van der Waals surface area (Å²) in [5.74, 6) is 0.796. The second-order valence-corrected chi connectivity index (χ2v) is 4.73. The lowest BCUT2D eigenvalue weighted by Gasteiger charge is -2.11. The van der Waals surface area contributed by atoms with Gasteiger partial charge in [-0.2, -0.15) is 0 Å². The molecule has 1 aromatic carbocycles. The molecule has 2 aromatic heterocycles. The number of nitrogens with zero attached hydrogens (tertiary/aromatic N) is 3. The highest BCUT2D eigenvalue weighted by Gasteiger charge is 2.23. The summed E-state index contributed by atoms with van der Waals surface area (Å²) in [7, 11) is 0. The molecule has 0 spiro atoms. The molecule has 0 aliphatic heterocycles. The third-order valence-corrected chi connectivity index (χ3v) is 3.11. The van der Waals surface area contributed by atoms with Crippen LogP contribution in [0.1, 0.15) is 5.76 Å². The fraction of sp³-hybridized carbons (Fsp3) is 0.0667. The van der Waals surface area contributed by atoms with Crippen molar-refractivity contribution in [2.45, 2.75) is 6.54 Å². The number of furan rings is 1. The number of benzene rings is 1. The lowest BCUT2D eigenvalue weighted by molar-refractivity contribution is -0.383. The molecule has 3 rings (SSSR count). The molecule has 0 aliphatic carbocycles. The number of hydrazine groups is 1. The molecule has 0 radical (unpaired) electrons. The van der Waals surface area contributed by atoms with Crippen molar-refractivity contribution < 1.29 is 9.34 Å². The lowest BCUT2D eigenvalue weighted by Crippen LogP contribution is -2.14. The van der Waals surface area contributed by atoms with Gasteiger partial charge in [0, 0.05) is 0 Å². The summed E-state index contributed by atoms with van der Waals surface area (Å²) in [5, 5.41) is 14.3. The van der Waals surface area contributed by atoms with Crippen molar-refractivity contribution in [2.75, 3.05) is 16.2 Å². The zero-order valence-corrected chi connectivity index (χ0v) is 12.5. The second kappa shape index (κ2) is 7.09. The van der Waals surface area contributed by atoms with Crippen molar-refractivity contribution >= 4 is 23.0 Å². The Balaban J connectivity index is 1.78. The number of nitro groups is 1. The molecule has 24 heavy (non-hydrogen) atoms. The number of nitrogens with one attached hydrogen (secondary N) is 3. The molecule has 0 amide bonds. The molecule has 0 saturated heterocycles. The van der Waals surface area contributed by atoms with Crippen molar-refractivity contribution in [2.24, 2.45) is 0 Å². The Morgan fingerprint density at radius 2 is 1.83 bits per heavy atom. The maximum atomic E-state index is 11.4. The summed E-state index contributed by atoms with van der Waals surface area (Å²) in [6, 6.07) is 12.7. The second-order valence-electron chi connectivity index (χ2n) is 4.73. The Morgan fingerprint density at radius 1 is 1.04 bits per heavy atom. The summed E-state index contributed by atoms with van der Waals surface area (Å²) >= 11 is 0. The van der Waals surface area contributed by atoms with Crippen molar-refractivity contribution in [1.82, 2.24) is 9.97 Å². The van der Waals surface area contributed by atoms with Crippen molar-refractivity contribution in [1.29, 1.82) is 0 Å². The van der Waals surface area contributed by atoms with Gasteiger partial charge in [-0.25, -0.2) is 9.97 Å². The molecule has 122 valence electrons. The van der Waals surface area contributed by atoms with Crippen LogP contribution in [-0.2, 0) is 6.54 Å². The summed E-state index contributed by atoms with van der Waals surface area (Å²) in [6.07, 6.45) is 2.77. The predicted octanol–water partition coefficient (Wildman–Crippen LogP) is 3.03. The van der Waals surface area contributed by atoms with Gasteiger partial charge < -0.3 is 9.73 Å². The first-order valence-corrected chi connectivity index (χ1v) is 7.07. The molecule has 0 bridgehead atoms. The highest BCUT2D eigenvalue weighted by Crippen LogP contribution is 2.29. The molecule has 9 nitrogen and oxygen atoms in total. The average Bonchev–Trinajstić information content (AvgIpc) is 3.12. The zero-order chi connectivity index (χ0) is 16.8. The Labute approximate surface area is 136 Å². The van der Waals surface area contributed by atoms with Gasteiger partial charge in [0.2, 0.25) is 11.6 Å². The van der Waals surface area contributed by atoms with Crippen LogP contribution in [0.15, 0.2) is 59.5 Å². The van der Waals surface area contributed by atoms with Gasteiger partial charge in [0.25, 0.3) is 0 Å². The topological polar surface area (TPSA) is 118 Å². The predicted molar refractivity (Wildman–Crippen MR) is 88.4 cm³/mol. The monoisotopic (exact) mass is 326 g/mol. The van der Waals surface area contributed by atoms with Gasteiger partial charge in [-0.3, -0.25) is 21.0 Å². The van der Waals surface area contributed by atoms with Crippen LogP contribution in [0.2, 0.25) is 0 Å². The Bertz CT molecular complexity index is 807. The van der Waals surface area contributed by atoms with Gasteiger partial charge in [-0.15, -0.1) is 0 Å². The van der Waals surface area contributed by atoms with Crippen LogP contribution >= 0.6 is 0 Å². The van der Waals surface area contributed by atoms with Crippen molar-refractivity contribution in [3.05, 3.63) is 70.9 Å². The normalized spacial score (nSPS) is 10.2. The minimum Gasteiger partial charge on any atom is -0.467 e. The van der Waals surface area contributed by atoms with Crippen molar-refractivity contribution in [3.8, 4) is 0 Å². The number of anilines is 3. The average molecular weight is 326 g/mol. The van der Waals surface area contributed by atoms with E-state index in [9.17, 15) is 10.1 Å². The van der Waals surface area contributed by atoms with E-state index in [2.05, 4.69) is 26.1 Å². The molecular formula is C15H14N6O3. The van der Waals surface area contributed by atoms with Crippen LogP contribution in [0, 0.1) is 10.1 Å². The first-order valence-electron chi connectivity index (χ1n) is 7.07. The minimum absolute atomic E-state index is 0.0563. The van der Waals surface area contributed by atoms with Gasteiger partial charge in [0.15, 0.2) is 0 Å². The maximum absolute atomic E-state index is 11.4. The van der Waals surface area contributed by atoms with E-state index in [1.54, 1.807) is 12.1 Å². The molecule has 9 heteroatoms. The molecule has 0 aliphatic rings. The van der Waals surface area contributed by atoms with E-state index in [0.717, 1.165) is 5.69 Å². The van der Waals surface area contributed by atoms with E-state index in [4.69, 9.17) is 4.42 Å². The van der Waals surface area contributed by atoms with Crippen molar-refractivity contribution in [3.63, 3.8) is 0 Å². The standard InChI is InChI=1S/C15H14N6O3/c22-21(23)13-14(16-9-12-7-4-8-24-12)17-10-18-15(13)20-19-11-5-2-1-3-6-11/h1-8,10,19H,9H2,(H2,16,17,18,20). The molecule has 3 N–H and O–H groups in total. The fourth-order valence-electron chi connectivity index (χ4n) is 2.01. The van der Waals surface area contributed by atoms with E-state index >= 15 is 0 Å². The van der Waals surface area contributed by atoms with Crippen LogP contribution in [0.4, 0.5) is 23.0 Å². The molecule has 0 saturated carbocycles. The fourth-order valence-corrected chi connectivity index (χ4v) is 2.01. The van der Waals surface area contributed by atoms with Gasteiger partial charge in [-0.1, -0.05) is 18.2 Å². The SMILES string of the molecule is O=[N+]([O-])c1c(NCc2ccco2)ncnc1NNc1ccccc1. The number of hydrogen-bond acceptors (Lipinski definition) is 8. The van der Waals surface area contributed by atoms with E-state index < -0.39 is 4.92 Å². The highest BCUT2D eigenvalue weighted by atomic mass is 16.6. The van der Waals surface area contributed by atoms with Gasteiger partial charge in [-0.05, 0) is 24.3 Å². The van der Waals surface area contributed by atoms with E-state index in [-0.39, 0.29) is 23.9 Å². The molecular weight excluding hydrogens is 312 g/mol. The Morgan fingerprint density at radius 3 is 2.54 bits per heavy atom. The van der Waals surface area contributed by atoms with Crippen LogP contribution in [0.3, 0.4) is 0 Å². The molecule has 0 unspecified atom stereocenters. The lowest BCUT2D eigenvalue weighted by atomic mass is 10.3. The summed E-state index contributed by atoms with van der Waals surface area (Å²) in [4.78, 5) is 18.7. The van der Waals surface area contributed by atoms with E-state index in [1.165, 1.54) is 12.6 Å². The third kappa shape index (κ3) is 3.58. The molecule has 2 heterocycles. The number of rotatable bonds is 7. The quantitative estimate of drug-likeness (QED) is 0.448. The number of aromatic nitrogens is 2. The maximum Gasteiger partial charge on any atom is 0.354 e. The summed E-state index contributed by atoms with van der Waals surface area (Å²) in [5.41, 5.74) is 6.09. The van der Waals surface area contributed by atoms with Crippen LogP contribution in [0.5, 0.6) is 0 Å². The Kier molecular flexibility index (Phi) is 4.52. The molecule has 0 fully saturated rings. The van der Waals surface area contributed by atoms with Crippen LogP contribution in [-0.4, -0.2) is 14.9 Å². The minimum atomic E-state index is -0.542. The van der Waals surface area contributed by atoms with E-state index in [1.807, 2.05) is 30.3 Å². The summed E-state index contributed by atoms with van der Waals surface area (Å²) < 4.78 is 5.19. The smallest absolute Gasteiger partial charge is 0.354 e. The van der Waals surface area contributed by atoms with E-state index in [0.29, 0.717) is 5.76 Å². The Hall–Kier alpha value is -3.62. The molecule has 0 atom stereocenters. The largest absolute Gasteiger partial charge is 0.467 e. The van der Waals surface area contributed by atoms with Crippen LogP contribution < -0.4 is 16.2 Å². The zero-order valence-electron chi connectivity index (χ0n) is 12.5. The molecule has 3 aromatic rings. The van der Waals surface area contributed by atoms with Gasteiger partial charge in [0.1, 0.15) is 12.1 Å². The number of hydrogen-bond donors (Lipinski definition) is 3. The van der Waals surface area contributed by atoms with Gasteiger partial charge >= 0.3 is 5.69 Å². The van der Waals surface area contributed by atoms with Crippen LogP contribution in [0.25, 0.3) is 0 Å². The first kappa shape index (κ1) is 15.3. The first-order chi connectivity index (χ1) is 11.7.